The zero-order valence-corrected chi connectivity index (χ0v) is 12.8. The fraction of sp³-hybridized carbons (Fsp3) is 0.538. The molecule has 0 fully saturated rings. The lowest BCUT2D eigenvalue weighted by Gasteiger charge is -2.22. The van der Waals surface area contributed by atoms with Crippen LogP contribution in [0.3, 0.4) is 0 Å². The van der Waals surface area contributed by atoms with Gasteiger partial charge in [0, 0.05) is 30.0 Å². The van der Waals surface area contributed by atoms with Crippen LogP contribution in [0.15, 0.2) is 35.2 Å². The van der Waals surface area contributed by atoms with E-state index in [9.17, 15) is 8.42 Å². The van der Waals surface area contributed by atoms with E-state index in [1.165, 1.54) is 11.2 Å². The molecule has 0 aromatic heterocycles. The van der Waals surface area contributed by atoms with E-state index >= 15 is 0 Å². The molecule has 18 heavy (non-hydrogen) atoms. The van der Waals surface area contributed by atoms with E-state index in [4.69, 9.17) is 0 Å². The van der Waals surface area contributed by atoms with Crippen molar-refractivity contribution in [2.45, 2.75) is 23.5 Å². The van der Waals surface area contributed by atoms with Crippen LogP contribution in [-0.4, -0.2) is 38.3 Å². The van der Waals surface area contributed by atoms with Crippen LogP contribution in [0.25, 0.3) is 0 Å². The molecule has 0 saturated carbocycles. The minimum absolute atomic E-state index is 0.487. The summed E-state index contributed by atoms with van der Waals surface area (Å²) in [6.07, 6.45) is 1.29. The van der Waals surface area contributed by atoms with E-state index < -0.39 is 14.6 Å². The number of sulfone groups is 1. The molecule has 1 aromatic rings. The number of hydrogen-bond donors (Lipinski definition) is 1. The van der Waals surface area contributed by atoms with Gasteiger partial charge in [0.25, 0.3) is 0 Å². The van der Waals surface area contributed by atoms with Gasteiger partial charge in [-0.1, -0.05) is 18.2 Å². The zero-order valence-electron chi connectivity index (χ0n) is 11.1. The molecule has 1 aromatic carbocycles. The van der Waals surface area contributed by atoms with Gasteiger partial charge in [-0.05, 0) is 26.0 Å². The van der Waals surface area contributed by atoms with Crippen LogP contribution in [0, 0.1) is 0 Å². The number of rotatable bonds is 7. The summed E-state index contributed by atoms with van der Waals surface area (Å²) in [6.45, 7) is 4.79. The lowest BCUT2D eigenvalue weighted by atomic mass is 10.2. The Bertz CT molecular complexity index is 455. The highest BCUT2D eigenvalue weighted by molar-refractivity contribution is 7.99. The first-order valence-electron chi connectivity index (χ1n) is 5.91. The highest BCUT2D eigenvalue weighted by Gasteiger charge is 2.29. The molecule has 1 rings (SSSR count). The Morgan fingerprint density at radius 2 is 1.83 bits per heavy atom. The summed E-state index contributed by atoms with van der Waals surface area (Å²) in [6, 6.07) is 10.2. The Balaban J connectivity index is 2.24. The van der Waals surface area contributed by atoms with Gasteiger partial charge in [0.2, 0.25) is 0 Å². The first kappa shape index (κ1) is 15.5. The summed E-state index contributed by atoms with van der Waals surface area (Å²) < 4.78 is 22.3. The summed E-state index contributed by atoms with van der Waals surface area (Å²) in [5.41, 5.74) is 0. The van der Waals surface area contributed by atoms with Gasteiger partial charge in [-0.2, -0.15) is 0 Å². The molecule has 0 aliphatic heterocycles. The van der Waals surface area contributed by atoms with Crippen molar-refractivity contribution in [1.29, 1.82) is 0 Å². The van der Waals surface area contributed by atoms with Gasteiger partial charge in [-0.25, -0.2) is 8.42 Å². The highest BCUT2D eigenvalue weighted by Crippen LogP contribution is 2.16. The predicted molar refractivity (Wildman–Crippen MR) is 79.0 cm³/mol. The number of thioether (sulfide) groups is 1. The third-order valence-corrected chi connectivity index (χ3v) is 6.01. The second-order valence-corrected chi connectivity index (χ2v) is 8.69. The molecule has 5 heteroatoms. The van der Waals surface area contributed by atoms with Gasteiger partial charge in [0.1, 0.15) is 0 Å². The van der Waals surface area contributed by atoms with Crippen LogP contribution in [0.1, 0.15) is 13.8 Å². The normalized spacial score (nSPS) is 12.6. The van der Waals surface area contributed by atoms with Crippen LogP contribution in [0.4, 0.5) is 0 Å². The molecule has 0 aliphatic rings. The second-order valence-electron chi connectivity index (χ2n) is 4.87. The first-order chi connectivity index (χ1) is 8.33. The first-order valence-corrected chi connectivity index (χ1v) is 8.79. The van der Waals surface area contributed by atoms with Crippen LogP contribution in [-0.2, 0) is 9.84 Å². The molecule has 3 nitrogen and oxygen atoms in total. The van der Waals surface area contributed by atoms with Crippen LogP contribution < -0.4 is 5.32 Å². The molecule has 0 aliphatic carbocycles. The Labute approximate surface area is 114 Å². The smallest absolute Gasteiger partial charge is 0.153 e. The standard InChI is InChI=1S/C13H21NO2S2/c1-13(2,18(3,15)16)11-14-9-10-17-12-7-5-4-6-8-12/h4-8,14H,9-11H2,1-3H3. The monoisotopic (exact) mass is 287 g/mol. The minimum atomic E-state index is -3.01. The molecule has 102 valence electrons. The maximum atomic E-state index is 11.5. The van der Waals surface area contributed by atoms with Crippen LogP contribution in [0.2, 0.25) is 0 Å². The van der Waals surface area contributed by atoms with Crippen molar-refractivity contribution < 1.29 is 8.42 Å². The van der Waals surface area contributed by atoms with Gasteiger partial charge in [-0.3, -0.25) is 0 Å². The van der Waals surface area contributed by atoms with Crippen molar-refractivity contribution in [3.05, 3.63) is 30.3 Å². The van der Waals surface area contributed by atoms with Gasteiger partial charge < -0.3 is 5.32 Å². The third-order valence-electron chi connectivity index (χ3n) is 2.85. The summed E-state index contributed by atoms with van der Waals surface area (Å²) >= 11 is 1.77. The summed E-state index contributed by atoms with van der Waals surface area (Å²) in [7, 11) is -3.01. The molecule has 0 heterocycles. The maximum absolute atomic E-state index is 11.5. The lowest BCUT2D eigenvalue weighted by Crippen LogP contribution is -2.42. The van der Waals surface area contributed by atoms with E-state index in [1.54, 1.807) is 25.6 Å². The number of nitrogens with one attached hydrogen (secondary N) is 1. The molecular weight excluding hydrogens is 266 g/mol. The van der Waals surface area contributed by atoms with E-state index in [0.717, 1.165) is 12.3 Å². The van der Waals surface area contributed by atoms with Gasteiger partial charge >= 0.3 is 0 Å². The van der Waals surface area contributed by atoms with E-state index in [0.29, 0.717) is 6.54 Å². The van der Waals surface area contributed by atoms with Crippen molar-refractivity contribution >= 4 is 21.6 Å². The fourth-order valence-corrected chi connectivity index (χ4v) is 2.47. The van der Waals surface area contributed by atoms with Crippen LogP contribution in [0.5, 0.6) is 0 Å². The summed E-state index contributed by atoms with van der Waals surface area (Å²) in [4.78, 5) is 1.24. The second kappa shape index (κ2) is 6.59. The Morgan fingerprint density at radius 1 is 1.22 bits per heavy atom. The van der Waals surface area contributed by atoms with Crippen LogP contribution >= 0.6 is 11.8 Å². The molecule has 0 radical (unpaired) electrons. The summed E-state index contributed by atoms with van der Waals surface area (Å²) in [5.74, 6) is 0.934. The molecule has 0 amide bonds. The predicted octanol–water partition coefficient (Wildman–Crippen LogP) is 2.19. The van der Waals surface area contributed by atoms with Crippen molar-refractivity contribution in [3.63, 3.8) is 0 Å². The third kappa shape index (κ3) is 5.00. The molecule has 0 spiro atoms. The van der Waals surface area contributed by atoms with E-state index in [2.05, 4.69) is 17.4 Å². The largest absolute Gasteiger partial charge is 0.314 e. The maximum Gasteiger partial charge on any atom is 0.153 e. The highest BCUT2D eigenvalue weighted by atomic mass is 32.2. The number of benzene rings is 1. The van der Waals surface area contributed by atoms with Gasteiger partial charge in [0.15, 0.2) is 9.84 Å². The van der Waals surface area contributed by atoms with E-state index in [-0.39, 0.29) is 0 Å². The van der Waals surface area contributed by atoms with Crippen molar-refractivity contribution in [2.24, 2.45) is 0 Å². The molecule has 0 saturated heterocycles. The minimum Gasteiger partial charge on any atom is -0.314 e. The Morgan fingerprint density at radius 3 is 2.39 bits per heavy atom. The molecule has 0 atom stereocenters. The molecule has 0 bridgehead atoms. The molecular formula is C13H21NO2S2. The van der Waals surface area contributed by atoms with Crippen molar-refractivity contribution in [3.8, 4) is 0 Å². The SMILES string of the molecule is CC(C)(CNCCSc1ccccc1)S(C)(=O)=O. The van der Waals surface area contributed by atoms with Gasteiger partial charge in [0.05, 0.1) is 4.75 Å². The zero-order chi connectivity index (χ0) is 13.6. The van der Waals surface area contributed by atoms with Crippen molar-refractivity contribution in [1.82, 2.24) is 5.32 Å². The Hall–Kier alpha value is -0.520. The van der Waals surface area contributed by atoms with Crippen molar-refractivity contribution in [2.75, 3.05) is 25.1 Å². The molecule has 1 N–H and O–H groups in total. The lowest BCUT2D eigenvalue weighted by molar-refractivity contribution is 0.528. The quantitative estimate of drug-likeness (QED) is 0.617. The average molecular weight is 287 g/mol. The Kier molecular flexibility index (Phi) is 5.69. The molecule has 0 unspecified atom stereocenters. The number of hydrogen-bond acceptors (Lipinski definition) is 4. The van der Waals surface area contributed by atoms with Gasteiger partial charge in [-0.15, -0.1) is 11.8 Å². The summed E-state index contributed by atoms with van der Waals surface area (Å²) in [5, 5.41) is 3.20. The fourth-order valence-electron chi connectivity index (χ4n) is 1.28. The average Bonchev–Trinajstić information content (AvgIpc) is 2.28. The van der Waals surface area contributed by atoms with E-state index in [1.807, 2.05) is 18.2 Å². The topological polar surface area (TPSA) is 46.2 Å².